The quantitative estimate of drug-likeness (QED) is 0.151. The van der Waals surface area contributed by atoms with Gasteiger partial charge in [0.15, 0.2) is 12.1 Å². The van der Waals surface area contributed by atoms with E-state index >= 15 is 0 Å². The highest BCUT2D eigenvalue weighted by molar-refractivity contribution is 6.30. The predicted molar refractivity (Wildman–Crippen MR) is 133 cm³/mol. The Labute approximate surface area is 232 Å². The third kappa shape index (κ3) is 5.12. The molecule has 2 fully saturated rings. The number of hydrogen-bond donors (Lipinski definition) is 8. The minimum Gasteiger partial charge on any atom is -0.507 e. The standard InChI is InChI=1S/C27H30O14/c1-9-5-11-17(21(33)16-10(18(11)30)3-2-4-12(16)29)13(6-9)39-27-25(37)23(35)20(32)15(41-27)8-38-26-24(36)22(34)19(31)14(7-28)40-26/h2-6,14-15,19-20,22-29,31-32,34-37H,7-8H2,1H3/t14-,15-,19-,20-,22-,23-,24+,25-,26+,27-/m0/s1. The molecule has 2 aliphatic heterocycles. The second-order valence-corrected chi connectivity index (χ2v) is 10.2. The van der Waals surface area contributed by atoms with Crippen molar-refractivity contribution in [3.8, 4) is 11.5 Å². The highest BCUT2D eigenvalue weighted by atomic mass is 16.7. The van der Waals surface area contributed by atoms with Gasteiger partial charge in [-0.3, -0.25) is 9.59 Å². The van der Waals surface area contributed by atoms with Crippen LogP contribution in [0.5, 0.6) is 11.5 Å². The lowest BCUT2D eigenvalue weighted by atomic mass is 9.82. The zero-order valence-corrected chi connectivity index (χ0v) is 21.6. The molecule has 0 radical (unpaired) electrons. The number of carbonyl (C=O) groups is 2. The number of phenolic OH excluding ortho intramolecular Hbond substituents is 1. The summed E-state index contributed by atoms with van der Waals surface area (Å²) >= 11 is 0. The summed E-state index contributed by atoms with van der Waals surface area (Å²) < 4.78 is 22.1. The van der Waals surface area contributed by atoms with Crippen LogP contribution in [0.2, 0.25) is 0 Å². The van der Waals surface area contributed by atoms with E-state index in [-0.39, 0.29) is 28.0 Å². The summed E-state index contributed by atoms with van der Waals surface area (Å²) in [5.41, 5.74) is 0.107. The van der Waals surface area contributed by atoms with E-state index in [9.17, 15) is 50.4 Å². The number of phenols is 1. The smallest absolute Gasteiger partial charge is 0.229 e. The van der Waals surface area contributed by atoms with Crippen molar-refractivity contribution in [3.05, 3.63) is 58.1 Å². The molecular formula is C27H30O14. The van der Waals surface area contributed by atoms with E-state index in [1.807, 2.05) is 0 Å². The van der Waals surface area contributed by atoms with Gasteiger partial charge in [-0.1, -0.05) is 12.1 Å². The highest BCUT2D eigenvalue weighted by Gasteiger charge is 2.48. The zero-order valence-electron chi connectivity index (χ0n) is 21.6. The Morgan fingerprint density at radius 3 is 2.07 bits per heavy atom. The number of aliphatic hydroxyl groups is 7. The van der Waals surface area contributed by atoms with Crippen LogP contribution < -0.4 is 4.74 Å². The van der Waals surface area contributed by atoms with Crippen molar-refractivity contribution in [1.82, 2.24) is 0 Å². The molecule has 3 aliphatic rings. The number of aryl methyl sites for hydroxylation is 1. The van der Waals surface area contributed by atoms with Crippen molar-refractivity contribution in [1.29, 1.82) is 0 Å². The Bertz CT molecular complexity index is 1330. The molecule has 0 spiro atoms. The molecule has 0 amide bonds. The fourth-order valence-electron chi connectivity index (χ4n) is 5.17. The molecule has 5 rings (SSSR count). The molecule has 222 valence electrons. The van der Waals surface area contributed by atoms with Gasteiger partial charge in [0.1, 0.15) is 60.3 Å². The molecule has 10 atom stereocenters. The van der Waals surface area contributed by atoms with Crippen molar-refractivity contribution in [2.24, 2.45) is 0 Å². The molecule has 2 aromatic carbocycles. The van der Waals surface area contributed by atoms with E-state index in [1.54, 1.807) is 6.92 Å². The topological polar surface area (TPSA) is 233 Å². The lowest BCUT2D eigenvalue weighted by molar-refractivity contribution is -0.323. The fourth-order valence-corrected chi connectivity index (χ4v) is 5.17. The molecule has 2 aromatic rings. The van der Waals surface area contributed by atoms with Gasteiger partial charge in [0.2, 0.25) is 12.1 Å². The average molecular weight is 579 g/mol. The Kier molecular flexibility index (Phi) is 8.15. The summed E-state index contributed by atoms with van der Waals surface area (Å²) in [6, 6.07) is 6.98. The summed E-state index contributed by atoms with van der Waals surface area (Å²) in [5.74, 6) is -1.84. The number of carbonyl (C=O) groups excluding carboxylic acids is 2. The second kappa shape index (κ2) is 11.3. The van der Waals surface area contributed by atoms with E-state index in [0.29, 0.717) is 5.56 Å². The number of fused-ring (bicyclic) bond motifs is 2. The van der Waals surface area contributed by atoms with E-state index < -0.39 is 91.9 Å². The lowest BCUT2D eigenvalue weighted by Gasteiger charge is -2.42. The third-order valence-corrected chi connectivity index (χ3v) is 7.42. The molecule has 0 saturated carbocycles. The number of hydrogen-bond acceptors (Lipinski definition) is 14. The van der Waals surface area contributed by atoms with Gasteiger partial charge < -0.3 is 59.8 Å². The monoisotopic (exact) mass is 578 g/mol. The summed E-state index contributed by atoms with van der Waals surface area (Å²) in [4.78, 5) is 26.6. The van der Waals surface area contributed by atoms with Gasteiger partial charge in [0.25, 0.3) is 0 Å². The maximum atomic E-state index is 13.4. The molecule has 0 bridgehead atoms. The number of rotatable bonds is 6. The van der Waals surface area contributed by atoms with Gasteiger partial charge in [-0.15, -0.1) is 0 Å². The molecule has 41 heavy (non-hydrogen) atoms. The van der Waals surface area contributed by atoms with Crippen LogP contribution in [0.4, 0.5) is 0 Å². The van der Waals surface area contributed by atoms with Crippen LogP contribution in [-0.2, 0) is 14.2 Å². The van der Waals surface area contributed by atoms with Gasteiger partial charge in [-0.05, 0) is 30.7 Å². The van der Waals surface area contributed by atoms with Crippen molar-refractivity contribution in [2.45, 2.75) is 68.3 Å². The molecule has 8 N–H and O–H groups in total. The molecule has 14 nitrogen and oxygen atoms in total. The number of aromatic hydroxyl groups is 1. The number of benzene rings is 2. The van der Waals surface area contributed by atoms with E-state index in [0.717, 1.165) is 0 Å². The van der Waals surface area contributed by atoms with Gasteiger partial charge in [0, 0.05) is 11.1 Å². The van der Waals surface area contributed by atoms with E-state index in [4.69, 9.17) is 18.9 Å². The molecule has 2 saturated heterocycles. The molecule has 0 aromatic heterocycles. The average Bonchev–Trinajstić information content (AvgIpc) is 2.94. The lowest BCUT2D eigenvalue weighted by Crippen LogP contribution is -2.62. The Hall–Kier alpha value is -3.02. The zero-order chi connectivity index (χ0) is 29.7. The Morgan fingerprint density at radius 1 is 0.756 bits per heavy atom. The number of ether oxygens (including phenoxy) is 4. The second-order valence-electron chi connectivity index (χ2n) is 10.2. The first kappa shape index (κ1) is 29.5. The maximum Gasteiger partial charge on any atom is 0.229 e. The molecule has 14 heteroatoms. The third-order valence-electron chi connectivity index (χ3n) is 7.42. The van der Waals surface area contributed by atoms with Crippen molar-refractivity contribution < 1.29 is 69.4 Å². The SMILES string of the molecule is Cc1cc(O[C@H]2O[C@@H](CO[C@@H]3O[C@@H](CO)[C@H](O)[C@H](O)[C@H]3O)[C@H](O)[C@H](O)[C@@H]2O)c2c(c1)C(=O)c1cccc(O)c1C2=O. The summed E-state index contributed by atoms with van der Waals surface area (Å²) in [6.07, 6.45) is -16.4. The normalized spacial score (nSPS) is 35.1. The Morgan fingerprint density at radius 2 is 1.39 bits per heavy atom. The van der Waals surface area contributed by atoms with E-state index in [1.165, 1.54) is 30.3 Å². The van der Waals surface area contributed by atoms with E-state index in [2.05, 4.69) is 0 Å². The van der Waals surface area contributed by atoms with Crippen LogP contribution in [0.25, 0.3) is 0 Å². The summed E-state index contributed by atoms with van der Waals surface area (Å²) in [6.45, 7) is 0.354. The van der Waals surface area contributed by atoms with Crippen molar-refractivity contribution >= 4 is 11.6 Å². The molecular weight excluding hydrogens is 548 g/mol. The van der Waals surface area contributed by atoms with Crippen LogP contribution in [-0.4, -0.2) is 127 Å². The predicted octanol–water partition coefficient (Wildman–Crippen LogP) is -2.52. The number of aliphatic hydroxyl groups excluding tert-OH is 7. The first-order valence-electron chi connectivity index (χ1n) is 12.8. The maximum absolute atomic E-state index is 13.4. The summed E-state index contributed by atoms with van der Waals surface area (Å²) in [5, 5.41) is 81.4. The first-order valence-corrected chi connectivity index (χ1v) is 12.8. The van der Waals surface area contributed by atoms with Crippen LogP contribution in [0, 0.1) is 6.92 Å². The van der Waals surface area contributed by atoms with Crippen molar-refractivity contribution in [2.75, 3.05) is 13.2 Å². The molecule has 1 aliphatic carbocycles. The molecule has 0 unspecified atom stereocenters. The van der Waals surface area contributed by atoms with Crippen LogP contribution in [0.3, 0.4) is 0 Å². The molecule has 2 heterocycles. The minimum absolute atomic E-state index is 0.00326. The largest absolute Gasteiger partial charge is 0.507 e. The summed E-state index contributed by atoms with van der Waals surface area (Å²) in [7, 11) is 0. The Balaban J connectivity index is 1.38. The van der Waals surface area contributed by atoms with Crippen LogP contribution >= 0.6 is 0 Å². The van der Waals surface area contributed by atoms with Gasteiger partial charge >= 0.3 is 0 Å². The van der Waals surface area contributed by atoms with Crippen LogP contribution in [0.15, 0.2) is 30.3 Å². The number of ketones is 2. The van der Waals surface area contributed by atoms with Gasteiger partial charge in [0.05, 0.1) is 24.3 Å². The first-order chi connectivity index (χ1) is 19.4. The highest BCUT2D eigenvalue weighted by Crippen LogP contribution is 2.39. The van der Waals surface area contributed by atoms with Crippen molar-refractivity contribution in [3.63, 3.8) is 0 Å². The van der Waals surface area contributed by atoms with Gasteiger partial charge in [-0.2, -0.15) is 0 Å². The van der Waals surface area contributed by atoms with Gasteiger partial charge in [-0.25, -0.2) is 0 Å². The minimum atomic E-state index is -1.83. The van der Waals surface area contributed by atoms with Crippen LogP contribution in [0.1, 0.15) is 37.4 Å². The fraction of sp³-hybridized carbons (Fsp3) is 0.481.